The van der Waals surface area contributed by atoms with Gasteiger partial charge in [-0.15, -0.1) is 0 Å². The first-order valence-electron chi connectivity index (χ1n) is 9.04. The average molecular weight is 412 g/mol. The number of carbonyl (C=O) groups is 1. The number of benzene rings is 1. The molecule has 29 heavy (non-hydrogen) atoms. The predicted octanol–water partition coefficient (Wildman–Crippen LogP) is 3.17. The quantitative estimate of drug-likeness (QED) is 0.785. The third-order valence-electron chi connectivity index (χ3n) is 4.82. The molecule has 2 aromatic rings. The summed E-state index contributed by atoms with van der Waals surface area (Å²) >= 11 is 0. The van der Waals surface area contributed by atoms with Crippen LogP contribution in [0.4, 0.5) is 23.7 Å². The highest BCUT2D eigenvalue weighted by molar-refractivity contribution is 5.84. The SMILES string of the molecule is O=C(Nc1cccc(C(F)(F)F)c1)O[C@H]1CO[C@@H]2[C@@H]1OC[C@@H]2NCc1ccco1. The molecule has 4 rings (SSSR count). The number of carbonyl (C=O) groups excluding carboxylic acids is 1. The van der Waals surface area contributed by atoms with Crippen molar-refractivity contribution in [3.63, 3.8) is 0 Å². The fraction of sp³-hybridized carbons (Fsp3) is 0.421. The second-order valence-corrected chi connectivity index (χ2v) is 6.81. The van der Waals surface area contributed by atoms with Gasteiger partial charge in [0.1, 0.15) is 18.0 Å². The number of hydrogen-bond donors (Lipinski definition) is 2. The van der Waals surface area contributed by atoms with Crippen LogP contribution >= 0.6 is 0 Å². The van der Waals surface area contributed by atoms with Crippen molar-refractivity contribution < 1.29 is 36.6 Å². The molecule has 0 bridgehead atoms. The van der Waals surface area contributed by atoms with Gasteiger partial charge in [0.25, 0.3) is 0 Å². The van der Waals surface area contributed by atoms with Crippen molar-refractivity contribution in [2.45, 2.75) is 37.1 Å². The molecule has 0 spiro atoms. The highest BCUT2D eigenvalue weighted by atomic mass is 19.4. The molecule has 7 nitrogen and oxygen atoms in total. The van der Waals surface area contributed by atoms with Crippen LogP contribution in [0.5, 0.6) is 0 Å². The van der Waals surface area contributed by atoms with Gasteiger partial charge in [-0.3, -0.25) is 5.32 Å². The lowest BCUT2D eigenvalue weighted by molar-refractivity contribution is -0.137. The van der Waals surface area contributed by atoms with Crippen LogP contribution in [0, 0.1) is 0 Å². The number of furan rings is 1. The van der Waals surface area contributed by atoms with Gasteiger partial charge >= 0.3 is 12.3 Å². The third kappa shape index (κ3) is 4.55. The molecule has 1 aromatic carbocycles. The Morgan fingerprint density at radius 2 is 1.97 bits per heavy atom. The maximum atomic E-state index is 12.8. The Morgan fingerprint density at radius 3 is 2.72 bits per heavy atom. The number of rotatable bonds is 5. The fourth-order valence-corrected chi connectivity index (χ4v) is 3.44. The van der Waals surface area contributed by atoms with Crippen molar-refractivity contribution >= 4 is 11.8 Å². The Balaban J connectivity index is 1.30. The smallest absolute Gasteiger partial charge is 0.416 e. The van der Waals surface area contributed by atoms with Gasteiger partial charge in [-0.25, -0.2) is 4.79 Å². The molecule has 10 heteroatoms. The van der Waals surface area contributed by atoms with Crippen molar-refractivity contribution in [2.75, 3.05) is 18.5 Å². The van der Waals surface area contributed by atoms with Crippen LogP contribution in [-0.2, 0) is 26.9 Å². The summed E-state index contributed by atoms with van der Waals surface area (Å²) in [6.45, 7) is 1.03. The summed E-state index contributed by atoms with van der Waals surface area (Å²) in [5.74, 6) is 0.778. The lowest BCUT2D eigenvalue weighted by atomic mass is 10.1. The first-order valence-corrected chi connectivity index (χ1v) is 9.04. The van der Waals surface area contributed by atoms with E-state index in [1.165, 1.54) is 12.1 Å². The first kappa shape index (κ1) is 19.7. The Morgan fingerprint density at radius 1 is 1.14 bits per heavy atom. The summed E-state index contributed by atoms with van der Waals surface area (Å²) in [6, 6.07) is 7.88. The molecule has 2 N–H and O–H groups in total. The van der Waals surface area contributed by atoms with Gasteiger partial charge < -0.3 is 23.9 Å². The molecule has 0 radical (unpaired) electrons. The average Bonchev–Trinajstić information content (AvgIpc) is 3.39. The molecule has 0 aliphatic carbocycles. The second kappa shape index (κ2) is 8.05. The molecule has 156 valence electrons. The molecule has 2 fully saturated rings. The highest BCUT2D eigenvalue weighted by Crippen LogP contribution is 2.31. The van der Waals surface area contributed by atoms with Gasteiger partial charge in [0.2, 0.25) is 0 Å². The molecule has 2 aliphatic rings. The van der Waals surface area contributed by atoms with Crippen LogP contribution in [0.2, 0.25) is 0 Å². The van der Waals surface area contributed by atoms with Crippen molar-refractivity contribution in [2.24, 2.45) is 0 Å². The lowest BCUT2D eigenvalue weighted by Gasteiger charge is -2.18. The van der Waals surface area contributed by atoms with E-state index in [0.717, 1.165) is 17.9 Å². The van der Waals surface area contributed by atoms with Gasteiger partial charge in [-0.2, -0.15) is 13.2 Å². The van der Waals surface area contributed by atoms with Crippen LogP contribution in [0.15, 0.2) is 47.1 Å². The van der Waals surface area contributed by atoms with E-state index in [0.29, 0.717) is 13.2 Å². The van der Waals surface area contributed by atoms with E-state index in [4.69, 9.17) is 18.6 Å². The van der Waals surface area contributed by atoms with Crippen LogP contribution in [-0.4, -0.2) is 43.7 Å². The predicted molar refractivity (Wildman–Crippen MR) is 94.2 cm³/mol. The zero-order valence-electron chi connectivity index (χ0n) is 15.1. The van der Waals surface area contributed by atoms with Gasteiger partial charge in [-0.1, -0.05) is 6.07 Å². The van der Waals surface area contributed by atoms with Crippen LogP contribution < -0.4 is 10.6 Å². The number of halogens is 3. The van der Waals surface area contributed by atoms with Gasteiger partial charge in [0.05, 0.1) is 37.6 Å². The summed E-state index contributed by atoms with van der Waals surface area (Å²) in [7, 11) is 0. The molecule has 0 unspecified atom stereocenters. The largest absolute Gasteiger partial charge is 0.468 e. The van der Waals surface area contributed by atoms with E-state index in [1.54, 1.807) is 12.3 Å². The summed E-state index contributed by atoms with van der Waals surface area (Å²) < 4.78 is 60.4. The summed E-state index contributed by atoms with van der Waals surface area (Å²) in [5, 5.41) is 5.60. The number of amides is 1. The Hall–Kier alpha value is -2.56. The minimum atomic E-state index is -4.50. The number of fused-ring (bicyclic) bond motifs is 1. The number of anilines is 1. The molecule has 3 heterocycles. The summed E-state index contributed by atoms with van der Waals surface area (Å²) in [6.07, 6.45) is -5.17. The summed E-state index contributed by atoms with van der Waals surface area (Å²) in [4.78, 5) is 12.1. The zero-order chi connectivity index (χ0) is 20.4. The van der Waals surface area contributed by atoms with Crippen LogP contribution in [0.3, 0.4) is 0 Å². The van der Waals surface area contributed by atoms with Gasteiger partial charge in [-0.05, 0) is 30.3 Å². The van der Waals surface area contributed by atoms with Crippen molar-refractivity contribution in [3.8, 4) is 0 Å². The van der Waals surface area contributed by atoms with E-state index in [-0.39, 0.29) is 24.4 Å². The van der Waals surface area contributed by atoms with E-state index >= 15 is 0 Å². The van der Waals surface area contributed by atoms with Gasteiger partial charge in [0, 0.05) is 5.69 Å². The van der Waals surface area contributed by atoms with E-state index in [1.807, 2.05) is 6.07 Å². The van der Waals surface area contributed by atoms with Crippen LogP contribution in [0.1, 0.15) is 11.3 Å². The topological polar surface area (TPSA) is 82.0 Å². The molecule has 1 amide bonds. The number of alkyl halides is 3. The monoisotopic (exact) mass is 412 g/mol. The molecular weight excluding hydrogens is 393 g/mol. The minimum absolute atomic E-state index is 0.00868. The fourth-order valence-electron chi connectivity index (χ4n) is 3.44. The molecule has 4 atom stereocenters. The molecular formula is C19H19F3N2O5. The minimum Gasteiger partial charge on any atom is -0.468 e. The molecule has 2 saturated heterocycles. The standard InChI is InChI=1S/C19H19F3N2O5/c20-19(21,22)11-3-1-4-12(7-11)24-18(25)29-15-10-28-16-14(9-27-17(15)16)23-8-13-5-2-6-26-13/h1-7,14-17,23H,8-10H2,(H,24,25)/t14-,15-,16-,17+/m0/s1. The Bertz CT molecular complexity index is 843. The highest BCUT2D eigenvalue weighted by Gasteiger charge is 2.49. The molecule has 0 saturated carbocycles. The lowest BCUT2D eigenvalue weighted by Crippen LogP contribution is -2.41. The number of nitrogens with one attached hydrogen (secondary N) is 2. The zero-order valence-corrected chi connectivity index (χ0v) is 15.1. The van der Waals surface area contributed by atoms with Crippen molar-refractivity contribution in [1.29, 1.82) is 0 Å². The number of hydrogen-bond acceptors (Lipinski definition) is 6. The van der Waals surface area contributed by atoms with Crippen LogP contribution in [0.25, 0.3) is 0 Å². The second-order valence-electron chi connectivity index (χ2n) is 6.81. The van der Waals surface area contributed by atoms with E-state index in [2.05, 4.69) is 10.6 Å². The van der Waals surface area contributed by atoms with Crippen molar-refractivity contribution in [3.05, 3.63) is 54.0 Å². The maximum absolute atomic E-state index is 12.8. The Labute approximate surface area is 164 Å². The number of ether oxygens (including phenoxy) is 3. The van der Waals surface area contributed by atoms with Gasteiger partial charge in [0.15, 0.2) is 6.10 Å². The maximum Gasteiger partial charge on any atom is 0.416 e. The molecule has 1 aromatic heterocycles. The summed E-state index contributed by atoms with van der Waals surface area (Å²) in [5.41, 5.74) is -0.866. The normalized spacial score (nSPS) is 26.3. The van der Waals surface area contributed by atoms with E-state index < -0.39 is 30.0 Å². The molecule has 2 aliphatic heterocycles. The van der Waals surface area contributed by atoms with E-state index in [9.17, 15) is 18.0 Å². The van der Waals surface area contributed by atoms with Crippen molar-refractivity contribution in [1.82, 2.24) is 5.32 Å². The Kier molecular flexibility index (Phi) is 5.48. The third-order valence-corrected chi connectivity index (χ3v) is 4.82. The first-order chi connectivity index (χ1) is 13.9.